The monoisotopic (exact) mass is 431 g/mol. The van der Waals surface area contributed by atoms with Gasteiger partial charge in [-0.3, -0.25) is 0 Å². The summed E-state index contributed by atoms with van der Waals surface area (Å²) in [6.07, 6.45) is 3.63. The number of benzene rings is 2. The average molecular weight is 432 g/mol. The summed E-state index contributed by atoms with van der Waals surface area (Å²) in [5.74, 6) is 1.74. The molecule has 0 atom stereocenters. The Kier molecular flexibility index (Phi) is 5.30. The number of ether oxygens (including phenoxy) is 1. The van der Waals surface area contributed by atoms with Crippen LogP contribution in [0.15, 0.2) is 58.7 Å². The van der Waals surface area contributed by atoms with Crippen LogP contribution in [0.3, 0.4) is 0 Å². The van der Waals surface area contributed by atoms with E-state index in [1.807, 2.05) is 30.5 Å². The Morgan fingerprint density at radius 3 is 2.61 bits per heavy atom. The van der Waals surface area contributed by atoms with Crippen LogP contribution in [-0.2, 0) is 0 Å². The predicted octanol–water partition coefficient (Wildman–Crippen LogP) is 5.44. The van der Waals surface area contributed by atoms with Crippen LogP contribution in [0.4, 0.5) is 17.5 Å². The maximum Gasteiger partial charge on any atom is 0.247 e. The van der Waals surface area contributed by atoms with Gasteiger partial charge < -0.3 is 10.1 Å². The maximum atomic E-state index is 6.27. The van der Waals surface area contributed by atoms with Crippen molar-refractivity contribution in [2.75, 3.05) is 23.6 Å². The van der Waals surface area contributed by atoms with Gasteiger partial charge in [0, 0.05) is 17.6 Å². The first-order chi connectivity index (χ1) is 13.5. The predicted molar refractivity (Wildman–Crippen MR) is 116 cm³/mol. The Balaban J connectivity index is 1.63. The minimum atomic E-state index is 0.294. The van der Waals surface area contributed by atoms with Crippen molar-refractivity contribution in [3.05, 3.63) is 64.3 Å². The topological polar surface area (TPSA) is 62.6 Å². The van der Waals surface area contributed by atoms with E-state index in [9.17, 15) is 0 Å². The van der Waals surface area contributed by atoms with E-state index in [2.05, 4.69) is 20.4 Å². The lowest BCUT2D eigenvalue weighted by molar-refractivity contribution is 0.525. The molecule has 0 aliphatic carbocycles. The van der Waals surface area contributed by atoms with Crippen LogP contribution < -0.4 is 15.1 Å². The third kappa shape index (κ3) is 3.73. The third-order valence-corrected chi connectivity index (χ3v) is 5.35. The zero-order chi connectivity index (χ0) is 19.7. The summed E-state index contributed by atoms with van der Waals surface area (Å²) < 4.78 is 5.88. The molecule has 0 spiro atoms. The first kappa shape index (κ1) is 18.9. The van der Waals surface area contributed by atoms with Gasteiger partial charge in [-0.15, -0.1) is 16.9 Å². The van der Waals surface area contributed by atoms with Crippen molar-refractivity contribution < 1.29 is 4.74 Å². The summed E-state index contributed by atoms with van der Waals surface area (Å²) >= 11 is 14.2. The highest BCUT2D eigenvalue weighted by molar-refractivity contribution is 7.98. The molecular formula is C19H15Cl2N5OS. The highest BCUT2D eigenvalue weighted by Crippen LogP contribution is 2.34. The molecule has 2 aromatic carbocycles. The number of nitrogens with zero attached hydrogens (tertiary/aromatic N) is 4. The molecule has 0 bridgehead atoms. The highest BCUT2D eigenvalue weighted by atomic mass is 35.5. The molecule has 1 aliphatic heterocycles. The SMILES string of the molecule is CSc1cccc(Nc2ncc3c(n2)N(C)N=C(c2c(Cl)cccc2Cl)O3)c1. The second-order valence-corrected chi connectivity index (χ2v) is 7.56. The summed E-state index contributed by atoms with van der Waals surface area (Å²) in [6.45, 7) is 0. The minimum Gasteiger partial charge on any atom is -0.431 e. The molecule has 0 unspecified atom stereocenters. The van der Waals surface area contributed by atoms with Crippen molar-refractivity contribution in [1.29, 1.82) is 0 Å². The summed E-state index contributed by atoms with van der Waals surface area (Å²) in [5.41, 5.74) is 1.43. The number of hydrogen-bond acceptors (Lipinski definition) is 7. The van der Waals surface area contributed by atoms with Crippen molar-refractivity contribution >= 4 is 58.3 Å². The van der Waals surface area contributed by atoms with Crippen LogP contribution in [0.25, 0.3) is 0 Å². The third-order valence-electron chi connectivity index (χ3n) is 3.99. The Bertz CT molecular complexity index is 1060. The van der Waals surface area contributed by atoms with Crippen LogP contribution in [0.2, 0.25) is 10.0 Å². The number of aromatic nitrogens is 2. The number of hydrazone groups is 1. The number of rotatable bonds is 4. The number of thioether (sulfide) groups is 1. The minimum absolute atomic E-state index is 0.294. The van der Waals surface area contributed by atoms with Gasteiger partial charge in [-0.1, -0.05) is 35.3 Å². The molecule has 142 valence electrons. The van der Waals surface area contributed by atoms with E-state index in [0.29, 0.717) is 39.0 Å². The van der Waals surface area contributed by atoms with E-state index in [1.165, 1.54) is 0 Å². The molecule has 2 heterocycles. The van der Waals surface area contributed by atoms with Gasteiger partial charge in [0.2, 0.25) is 11.8 Å². The Hall–Kier alpha value is -2.48. The van der Waals surface area contributed by atoms with Crippen LogP contribution >= 0.6 is 35.0 Å². The van der Waals surface area contributed by atoms with Crippen molar-refractivity contribution in [2.45, 2.75) is 4.90 Å². The molecule has 9 heteroatoms. The fourth-order valence-corrected chi connectivity index (χ4v) is 3.69. The van der Waals surface area contributed by atoms with Gasteiger partial charge in [0.25, 0.3) is 0 Å². The largest absolute Gasteiger partial charge is 0.431 e. The van der Waals surface area contributed by atoms with Crippen molar-refractivity contribution in [3.8, 4) is 5.75 Å². The number of anilines is 3. The van der Waals surface area contributed by atoms with Crippen LogP contribution in [0.1, 0.15) is 5.56 Å². The van der Waals surface area contributed by atoms with Gasteiger partial charge in [-0.25, -0.2) is 9.99 Å². The van der Waals surface area contributed by atoms with Gasteiger partial charge >= 0.3 is 0 Å². The Morgan fingerprint density at radius 1 is 1.11 bits per heavy atom. The number of halogens is 2. The standard InChI is InChI=1S/C19H15Cl2N5OS/c1-26-17-15(27-18(25-26)16-13(20)7-4-8-14(16)21)10-22-19(24-17)23-11-5-3-6-12(9-11)28-2/h3-10H,1-2H3,(H,22,23,24). The highest BCUT2D eigenvalue weighted by Gasteiger charge is 2.25. The van der Waals surface area contributed by atoms with Crippen LogP contribution in [-0.4, -0.2) is 29.2 Å². The zero-order valence-electron chi connectivity index (χ0n) is 15.0. The zero-order valence-corrected chi connectivity index (χ0v) is 17.3. The summed E-state index contributed by atoms with van der Waals surface area (Å²) in [4.78, 5) is 10.0. The van der Waals surface area contributed by atoms with E-state index < -0.39 is 0 Å². The summed E-state index contributed by atoms with van der Waals surface area (Å²) in [6, 6.07) is 13.2. The molecule has 4 rings (SSSR count). The first-order valence-corrected chi connectivity index (χ1v) is 10.3. The van der Waals surface area contributed by atoms with Crippen molar-refractivity contribution in [1.82, 2.24) is 9.97 Å². The lowest BCUT2D eigenvalue weighted by Gasteiger charge is -2.24. The van der Waals surface area contributed by atoms with Gasteiger partial charge in [0.05, 0.1) is 21.8 Å². The van der Waals surface area contributed by atoms with E-state index in [-0.39, 0.29) is 0 Å². The number of hydrogen-bond donors (Lipinski definition) is 1. The fourth-order valence-electron chi connectivity index (χ4n) is 2.67. The molecule has 0 radical (unpaired) electrons. The summed E-state index contributed by atoms with van der Waals surface area (Å²) in [7, 11) is 1.78. The van der Waals surface area contributed by atoms with Gasteiger partial charge in [0.15, 0.2) is 11.6 Å². The summed E-state index contributed by atoms with van der Waals surface area (Å²) in [5, 5.41) is 10.1. The second-order valence-electron chi connectivity index (χ2n) is 5.87. The molecule has 6 nitrogen and oxygen atoms in total. The van der Waals surface area contributed by atoms with E-state index in [0.717, 1.165) is 10.6 Å². The van der Waals surface area contributed by atoms with E-state index in [1.54, 1.807) is 48.2 Å². The van der Waals surface area contributed by atoms with Gasteiger partial charge in [0.1, 0.15) is 0 Å². The normalized spacial score (nSPS) is 12.9. The molecule has 3 aromatic rings. The smallest absolute Gasteiger partial charge is 0.247 e. The molecule has 0 saturated carbocycles. The van der Waals surface area contributed by atoms with Crippen LogP contribution in [0, 0.1) is 0 Å². The molecular weight excluding hydrogens is 417 g/mol. The Labute approximate surface area is 176 Å². The quantitative estimate of drug-likeness (QED) is 0.554. The average Bonchev–Trinajstić information content (AvgIpc) is 2.68. The van der Waals surface area contributed by atoms with Crippen molar-refractivity contribution in [2.24, 2.45) is 5.10 Å². The first-order valence-electron chi connectivity index (χ1n) is 8.28. The Morgan fingerprint density at radius 2 is 1.86 bits per heavy atom. The lowest BCUT2D eigenvalue weighted by Crippen LogP contribution is -2.26. The molecule has 1 aliphatic rings. The number of nitrogens with one attached hydrogen (secondary N) is 1. The van der Waals surface area contributed by atoms with Crippen LogP contribution in [0.5, 0.6) is 5.75 Å². The van der Waals surface area contributed by atoms with Gasteiger partial charge in [-0.05, 0) is 36.6 Å². The molecule has 1 N–H and O–H groups in total. The fraction of sp³-hybridized carbons (Fsp3) is 0.105. The lowest BCUT2D eigenvalue weighted by atomic mass is 10.2. The van der Waals surface area contributed by atoms with E-state index >= 15 is 0 Å². The van der Waals surface area contributed by atoms with Crippen molar-refractivity contribution in [3.63, 3.8) is 0 Å². The molecule has 0 amide bonds. The maximum absolute atomic E-state index is 6.27. The molecule has 1 aromatic heterocycles. The molecule has 0 fully saturated rings. The second kappa shape index (κ2) is 7.87. The van der Waals surface area contributed by atoms with Gasteiger partial charge in [-0.2, -0.15) is 4.98 Å². The number of fused-ring (bicyclic) bond motifs is 1. The van der Waals surface area contributed by atoms with E-state index in [4.69, 9.17) is 27.9 Å². The molecule has 0 saturated heterocycles. The molecule has 28 heavy (non-hydrogen) atoms.